The Bertz CT molecular complexity index is 510. The van der Waals surface area contributed by atoms with E-state index in [9.17, 15) is 14.3 Å². The molecule has 0 bridgehead atoms. The van der Waals surface area contributed by atoms with Gasteiger partial charge < -0.3 is 20.5 Å². The molecular weight excluding hydrogens is 287 g/mol. The Labute approximate surface area is 129 Å². The summed E-state index contributed by atoms with van der Waals surface area (Å²) in [5, 5.41) is 15.3. The first-order valence-electron chi connectivity index (χ1n) is 7.73. The number of ether oxygens (including phenoxy) is 1. The summed E-state index contributed by atoms with van der Waals surface area (Å²) < 4.78 is 18.8. The van der Waals surface area contributed by atoms with Crippen molar-refractivity contribution in [2.75, 3.05) is 6.61 Å². The molecule has 0 saturated heterocycles. The number of carbonyl (C=O) groups is 1. The number of nitrogens with one attached hydrogen (secondary N) is 2. The zero-order valence-corrected chi connectivity index (χ0v) is 12.8. The molecule has 2 unspecified atom stereocenters. The lowest BCUT2D eigenvalue weighted by molar-refractivity contribution is 0.0943. The standard InChI is InChI=1S/C16H23FN2O3/c1-2-22-15-8-7-11(9-12(15)17)10-18-16(21)19-13-5-3-4-6-14(13)20/h7-9,13-14,20H,2-6,10H2,1H3,(H2,18,19,21). The molecule has 1 saturated carbocycles. The van der Waals surface area contributed by atoms with E-state index in [4.69, 9.17) is 4.74 Å². The average Bonchev–Trinajstić information content (AvgIpc) is 2.50. The van der Waals surface area contributed by atoms with Crippen LogP contribution < -0.4 is 15.4 Å². The summed E-state index contributed by atoms with van der Waals surface area (Å²) in [4.78, 5) is 11.8. The van der Waals surface area contributed by atoms with Gasteiger partial charge in [-0.1, -0.05) is 18.9 Å². The predicted octanol–water partition coefficient (Wildman–Crippen LogP) is 2.33. The third-order valence-electron chi connectivity index (χ3n) is 3.80. The van der Waals surface area contributed by atoms with Crippen LogP contribution in [0, 0.1) is 5.82 Å². The molecule has 1 aromatic rings. The second-order valence-corrected chi connectivity index (χ2v) is 5.48. The highest BCUT2D eigenvalue weighted by atomic mass is 19.1. The monoisotopic (exact) mass is 310 g/mol. The Balaban J connectivity index is 1.81. The second kappa shape index (κ2) is 7.98. The van der Waals surface area contributed by atoms with Crippen molar-refractivity contribution in [1.29, 1.82) is 0 Å². The number of amides is 2. The van der Waals surface area contributed by atoms with Crippen molar-refractivity contribution < 1.29 is 19.0 Å². The quantitative estimate of drug-likeness (QED) is 0.781. The highest BCUT2D eigenvalue weighted by molar-refractivity contribution is 5.74. The first kappa shape index (κ1) is 16.5. The molecule has 22 heavy (non-hydrogen) atoms. The lowest BCUT2D eigenvalue weighted by Gasteiger charge is -2.28. The van der Waals surface area contributed by atoms with Crippen LogP contribution in [0.3, 0.4) is 0 Å². The molecule has 6 heteroatoms. The third kappa shape index (κ3) is 4.59. The van der Waals surface area contributed by atoms with Crippen molar-refractivity contribution in [2.24, 2.45) is 0 Å². The van der Waals surface area contributed by atoms with Gasteiger partial charge in [-0.05, 0) is 37.5 Å². The normalized spacial score (nSPS) is 21.2. The van der Waals surface area contributed by atoms with E-state index in [1.54, 1.807) is 19.1 Å². The molecule has 1 fully saturated rings. The van der Waals surface area contributed by atoms with Crippen LogP contribution in [0.2, 0.25) is 0 Å². The largest absolute Gasteiger partial charge is 0.491 e. The molecule has 2 amide bonds. The third-order valence-corrected chi connectivity index (χ3v) is 3.80. The highest BCUT2D eigenvalue weighted by Gasteiger charge is 2.24. The van der Waals surface area contributed by atoms with E-state index in [0.717, 1.165) is 25.7 Å². The maximum Gasteiger partial charge on any atom is 0.315 e. The van der Waals surface area contributed by atoms with Gasteiger partial charge in [-0.25, -0.2) is 9.18 Å². The predicted molar refractivity (Wildman–Crippen MR) is 81.2 cm³/mol. The SMILES string of the molecule is CCOc1ccc(CNC(=O)NC2CCCCC2O)cc1F. The molecule has 1 aliphatic rings. The second-order valence-electron chi connectivity index (χ2n) is 5.48. The van der Waals surface area contributed by atoms with Gasteiger partial charge in [-0.15, -0.1) is 0 Å². The van der Waals surface area contributed by atoms with Crippen LogP contribution in [0.15, 0.2) is 18.2 Å². The number of urea groups is 1. The summed E-state index contributed by atoms with van der Waals surface area (Å²) >= 11 is 0. The lowest BCUT2D eigenvalue weighted by atomic mass is 9.93. The number of benzene rings is 1. The molecule has 2 rings (SSSR count). The first-order valence-corrected chi connectivity index (χ1v) is 7.73. The zero-order valence-electron chi connectivity index (χ0n) is 12.8. The summed E-state index contributed by atoms with van der Waals surface area (Å²) in [6.45, 7) is 2.41. The van der Waals surface area contributed by atoms with Gasteiger partial charge in [0.1, 0.15) is 0 Å². The molecule has 1 aromatic carbocycles. The van der Waals surface area contributed by atoms with Crippen molar-refractivity contribution in [2.45, 2.75) is 51.3 Å². The Kier molecular flexibility index (Phi) is 6.00. The Hall–Kier alpha value is -1.82. The maximum atomic E-state index is 13.7. The fourth-order valence-corrected chi connectivity index (χ4v) is 2.61. The first-order chi connectivity index (χ1) is 10.6. The van der Waals surface area contributed by atoms with Crippen molar-refractivity contribution in [3.63, 3.8) is 0 Å². The van der Waals surface area contributed by atoms with Crippen LogP contribution in [0.1, 0.15) is 38.2 Å². The number of hydrogen-bond acceptors (Lipinski definition) is 3. The van der Waals surface area contributed by atoms with Gasteiger partial charge in [0.15, 0.2) is 11.6 Å². The van der Waals surface area contributed by atoms with Gasteiger partial charge in [0.05, 0.1) is 18.8 Å². The van der Waals surface area contributed by atoms with E-state index in [0.29, 0.717) is 12.2 Å². The van der Waals surface area contributed by atoms with Crippen LogP contribution in [-0.4, -0.2) is 29.9 Å². The number of carbonyl (C=O) groups excluding carboxylic acids is 1. The van der Waals surface area contributed by atoms with Crippen LogP contribution in [0.4, 0.5) is 9.18 Å². The number of aliphatic hydroxyl groups excluding tert-OH is 1. The number of aliphatic hydroxyl groups is 1. The summed E-state index contributed by atoms with van der Waals surface area (Å²) in [5.41, 5.74) is 0.653. The smallest absolute Gasteiger partial charge is 0.315 e. The van der Waals surface area contributed by atoms with E-state index < -0.39 is 11.9 Å². The fourth-order valence-electron chi connectivity index (χ4n) is 2.61. The molecule has 0 aromatic heterocycles. The van der Waals surface area contributed by atoms with Gasteiger partial charge in [-0.3, -0.25) is 0 Å². The average molecular weight is 310 g/mol. The molecule has 1 aliphatic carbocycles. The van der Waals surface area contributed by atoms with E-state index in [-0.39, 0.29) is 24.4 Å². The van der Waals surface area contributed by atoms with Crippen molar-refractivity contribution in [3.05, 3.63) is 29.6 Å². The molecular formula is C16H23FN2O3. The number of rotatable bonds is 5. The zero-order chi connectivity index (χ0) is 15.9. The maximum absolute atomic E-state index is 13.7. The van der Waals surface area contributed by atoms with E-state index in [1.807, 2.05) is 0 Å². The van der Waals surface area contributed by atoms with Gasteiger partial charge in [-0.2, -0.15) is 0 Å². The van der Waals surface area contributed by atoms with E-state index in [2.05, 4.69) is 10.6 Å². The van der Waals surface area contributed by atoms with Gasteiger partial charge >= 0.3 is 6.03 Å². The minimum atomic E-state index is -0.484. The molecule has 122 valence electrons. The summed E-state index contributed by atoms with van der Waals surface area (Å²) in [6.07, 6.45) is 3.02. The highest BCUT2D eigenvalue weighted by Crippen LogP contribution is 2.19. The minimum Gasteiger partial charge on any atom is -0.491 e. The topological polar surface area (TPSA) is 70.6 Å². The van der Waals surface area contributed by atoms with Gasteiger partial charge in [0.2, 0.25) is 0 Å². The van der Waals surface area contributed by atoms with Crippen molar-refractivity contribution in [1.82, 2.24) is 10.6 Å². The molecule has 5 nitrogen and oxygen atoms in total. The summed E-state index contributed by atoms with van der Waals surface area (Å²) in [5.74, 6) is -0.231. The molecule has 0 heterocycles. The summed E-state index contributed by atoms with van der Waals surface area (Å²) in [6, 6.07) is 4.06. The van der Waals surface area contributed by atoms with Crippen molar-refractivity contribution in [3.8, 4) is 5.75 Å². The van der Waals surface area contributed by atoms with Crippen LogP contribution >= 0.6 is 0 Å². The Morgan fingerprint density at radius 3 is 2.86 bits per heavy atom. The number of hydrogen-bond donors (Lipinski definition) is 3. The van der Waals surface area contributed by atoms with E-state index >= 15 is 0 Å². The molecule has 0 aliphatic heterocycles. The lowest BCUT2D eigenvalue weighted by Crippen LogP contribution is -2.48. The van der Waals surface area contributed by atoms with E-state index in [1.165, 1.54) is 6.07 Å². The summed E-state index contributed by atoms with van der Waals surface area (Å²) in [7, 11) is 0. The van der Waals surface area contributed by atoms with Crippen molar-refractivity contribution >= 4 is 6.03 Å². The molecule has 3 N–H and O–H groups in total. The van der Waals surface area contributed by atoms with Crippen LogP contribution in [-0.2, 0) is 6.54 Å². The van der Waals surface area contributed by atoms with Gasteiger partial charge in [0, 0.05) is 6.54 Å². The molecule has 0 spiro atoms. The van der Waals surface area contributed by atoms with Crippen LogP contribution in [0.25, 0.3) is 0 Å². The molecule has 0 radical (unpaired) electrons. The fraction of sp³-hybridized carbons (Fsp3) is 0.562. The Morgan fingerprint density at radius 1 is 1.41 bits per heavy atom. The number of halogens is 1. The minimum absolute atomic E-state index is 0.203. The molecule has 2 atom stereocenters. The Morgan fingerprint density at radius 2 is 2.18 bits per heavy atom. The van der Waals surface area contributed by atoms with Crippen LogP contribution in [0.5, 0.6) is 5.75 Å². The van der Waals surface area contributed by atoms with Gasteiger partial charge in [0.25, 0.3) is 0 Å².